The van der Waals surface area contributed by atoms with Crippen molar-refractivity contribution in [2.45, 2.75) is 6.54 Å². The lowest BCUT2D eigenvalue weighted by atomic mass is 10.2. The SMILES string of the molecule is Cn1nc(Br)c2c(=O)n(Cc3csc(-c4ccc5c(c4)OCO5)n3)cnc21. The number of aromatic nitrogens is 5. The molecule has 0 unspecified atom stereocenters. The molecule has 0 aliphatic carbocycles. The van der Waals surface area contributed by atoms with Crippen LogP contribution in [0.25, 0.3) is 21.6 Å². The van der Waals surface area contributed by atoms with E-state index in [4.69, 9.17) is 9.47 Å². The van der Waals surface area contributed by atoms with Crippen LogP contribution in [0, 0.1) is 0 Å². The fraction of sp³-hybridized carbons (Fsp3) is 0.176. The van der Waals surface area contributed by atoms with E-state index in [0.717, 1.165) is 27.8 Å². The molecule has 136 valence electrons. The monoisotopic (exact) mass is 445 g/mol. The first-order valence-electron chi connectivity index (χ1n) is 8.02. The maximum atomic E-state index is 12.8. The molecule has 8 nitrogen and oxygen atoms in total. The third kappa shape index (κ3) is 2.72. The van der Waals surface area contributed by atoms with E-state index < -0.39 is 0 Å². The van der Waals surface area contributed by atoms with E-state index in [1.54, 1.807) is 11.7 Å². The number of hydrogen-bond acceptors (Lipinski definition) is 7. The van der Waals surface area contributed by atoms with Crippen molar-refractivity contribution in [1.29, 1.82) is 0 Å². The molecule has 0 saturated carbocycles. The maximum absolute atomic E-state index is 12.8. The van der Waals surface area contributed by atoms with E-state index in [2.05, 4.69) is 31.0 Å². The van der Waals surface area contributed by atoms with Gasteiger partial charge in [0.15, 0.2) is 17.1 Å². The highest BCUT2D eigenvalue weighted by molar-refractivity contribution is 9.10. The van der Waals surface area contributed by atoms with Gasteiger partial charge in [0.2, 0.25) is 6.79 Å². The predicted octanol–water partition coefficient (Wildman–Crippen LogP) is 2.79. The molecule has 0 bridgehead atoms. The van der Waals surface area contributed by atoms with Crippen molar-refractivity contribution < 1.29 is 9.47 Å². The highest BCUT2D eigenvalue weighted by Gasteiger charge is 2.17. The molecule has 0 spiro atoms. The summed E-state index contributed by atoms with van der Waals surface area (Å²) in [5.41, 5.74) is 2.13. The smallest absolute Gasteiger partial charge is 0.266 e. The van der Waals surface area contributed by atoms with Crippen LogP contribution in [-0.4, -0.2) is 31.1 Å². The molecule has 5 rings (SSSR count). The second-order valence-corrected chi connectivity index (χ2v) is 7.61. The Morgan fingerprint density at radius 2 is 2.15 bits per heavy atom. The largest absolute Gasteiger partial charge is 0.454 e. The zero-order valence-electron chi connectivity index (χ0n) is 14.0. The van der Waals surface area contributed by atoms with Gasteiger partial charge in [-0.15, -0.1) is 11.3 Å². The Bertz CT molecular complexity index is 1250. The summed E-state index contributed by atoms with van der Waals surface area (Å²) in [6.45, 7) is 0.578. The predicted molar refractivity (Wildman–Crippen MR) is 103 cm³/mol. The first kappa shape index (κ1) is 16.5. The summed E-state index contributed by atoms with van der Waals surface area (Å²) >= 11 is 4.84. The number of nitrogens with zero attached hydrogens (tertiary/aromatic N) is 5. The minimum Gasteiger partial charge on any atom is -0.454 e. The molecular formula is C17H12BrN5O3S. The van der Waals surface area contributed by atoms with Gasteiger partial charge in [-0.05, 0) is 34.1 Å². The minimum absolute atomic E-state index is 0.155. The molecule has 0 amide bonds. The van der Waals surface area contributed by atoms with Crippen LogP contribution < -0.4 is 15.0 Å². The highest BCUT2D eigenvalue weighted by Crippen LogP contribution is 2.36. The molecule has 0 fully saturated rings. The van der Waals surface area contributed by atoms with Crippen molar-refractivity contribution in [2.75, 3.05) is 6.79 Å². The van der Waals surface area contributed by atoms with Crippen LogP contribution in [0.1, 0.15) is 5.69 Å². The molecule has 0 radical (unpaired) electrons. The second-order valence-electron chi connectivity index (χ2n) is 6.00. The Kier molecular flexibility index (Phi) is 3.76. The summed E-state index contributed by atoms with van der Waals surface area (Å²) in [5.74, 6) is 1.46. The molecule has 0 saturated heterocycles. The van der Waals surface area contributed by atoms with Crippen LogP contribution in [0.2, 0.25) is 0 Å². The Hall–Kier alpha value is -2.72. The van der Waals surface area contributed by atoms with Gasteiger partial charge in [-0.3, -0.25) is 9.36 Å². The standard InChI is InChI=1S/C17H12BrN5O3S/c1-22-15-13(14(18)21-22)17(24)23(7-19-15)5-10-6-27-16(20-10)9-2-3-11-12(4-9)26-8-25-11/h2-4,6-7H,5,8H2,1H3. The lowest BCUT2D eigenvalue weighted by Gasteiger charge is -2.03. The van der Waals surface area contributed by atoms with Gasteiger partial charge in [0.1, 0.15) is 21.3 Å². The van der Waals surface area contributed by atoms with E-state index in [9.17, 15) is 4.79 Å². The van der Waals surface area contributed by atoms with E-state index in [1.165, 1.54) is 22.2 Å². The molecule has 3 aromatic heterocycles. The van der Waals surface area contributed by atoms with E-state index >= 15 is 0 Å². The number of thiazole rings is 1. The Labute approximate surface area is 165 Å². The van der Waals surface area contributed by atoms with Gasteiger partial charge in [-0.25, -0.2) is 14.6 Å². The number of halogens is 1. The van der Waals surface area contributed by atoms with E-state index in [-0.39, 0.29) is 12.4 Å². The van der Waals surface area contributed by atoms with Crippen molar-refractivity contribution in [3.8, 4) is 22.1 Å². The molecule has 1 aromatic carbocycles. The number of aryl methyl sites for hydroxylation is 1. The number of rotatable bonds is 3. The van der Waals surface area contributed by atoms with Gasteiger partial charge in [-0.1, -0.05) is 0 Å². The third-order valence-corrected chi connectivity index (χ3v) is 5.77. The van der Waals surface area contributed by atoms with Crippen molar-refractivity contribution in [2.24, 2.45) is 7.05 Å². The van der Waals surface area contributed by atoms with Gasteiger partial charge in [0, 0.05) is 18.0 Å². The first-order valence-corrected chi connectivity index (χ1v) is 9.69. The molecule has 1 aliphatic heterocycles. The van der Waals surface area contributed by atoms with Crippen LogP contribution in [0.4, 0.5) is 0 Å². The Balaban J connectivity index is 1.47. The van der Waals surface area contributed by atoms with Crippen molar-refractivity contribution in [3.63, 3.8) is 0 Å². The number of benzene rings is 1. The van der Waals surface area contributed by atoms with Crippen LogP contribution in [0.3, 0.4) is 0 Å². The van der Waals surface area contributed by atoms with Crippen molar-refractivity contribution in [1.82, 2.24) is 24.3 Å². The van der Waals surface area contributed by atoms with Crippen LogP contribution >= 0.6 is 27.3 Å². The lowest BCUT2D eigenvalue weighted by molar-refractivity contribution is 0.174. The summed E-state index contributed by atoms with van der Waals surface area (Å²) < 4.78 is 14.4. The van der Waals surface area contributed by atoms with Gasteiger partial charge in [0.05, 0.1) is 12.2 Å². The summed E-state index contributed by atoms with van der Waals surface area (Å²) in [5, 5.41) is 7.45. The number of fused-ring (bicyclic) bond motifs is 2. The van der Waals surface area contributed by atoms with Crippen LogP contribution in [-0.2, 0) is 13.6 Å². The minimum atomic E-state index is -0.155. The third-order valence-electron chi connectivity index (χ3n) is 4.27. The van der Waals surface area contributed by atoms with E-state index in [0.29, 0.717) is 22.2 Å². The second kappa shape index (κ2) is 6.17. The van der Waals surface area contributed by atoms with Gasteiger partial charge < -0.3 is 9.47 Å². The average molecular weight is 446 g/mol. The van der Waals surface area contributed by atoms with Crippen LogP contribution in [0.15, 0.2) is 39.3 Å². The Morgan fingerprint density at radius 3 is 3.04 bits per heavy atom. The molecule has 0 N–H and O–H groups in total. The van der Waals surface area contributed by atoms with Crippen molar-refractivity contribution >= 4 is 38.3 Å². The topological polar surface area (TPSA) is 84.1 Å². The summed E-state index contributed by atoms with van der Waals surface area (Å²) in [7, 11) is 1.75. The lowest BCUT2D eigenvalue weighted by Crippen LogP contribution is -2.21. The highest BCUT2D eigenvalue weighted by atomic mass is 79.9. The fourth-order valence-electron chi connectivity index (χ4n) is 2.96. The van der Waals surface area contributed by atoms with Crippen molar-refractivity contribution in [3.05, 3.63) is 50.6 Å². The zero-order valence-corrected chi connectivity index (χ0v) is 16.5. The molecular weight excluding hydrogens is 434 g/mol. The zero-order chi connectivity index (χ0) is 18.5. The van der Waals surface area contributed by atoms with Gasteiger partial charge >= 0.3 is 0 Å². The fourth-order valence-corrected chi connectivity index (χ4v) is 4.36. The molecule has 0 atom stereocenters. The summed E-state index contributed by atoms with van der Waals surface area (Å²) in [4.78, 5) is 21.8. The normalized spacial score (nSPS) is 12.8. The average Bonchev–Trinajstić information content (AvgIpc) is 3.36. The molecule has 4 heterocycles. The quantitative estimate of drug-likeness (QED) is 0.481. The van der Waals surface area contributed by atoms with Gasteiger partial charge in [0.25, 0.3) is 5.56 Å². The maximum Gasteiger partial charge on any atom is 0.266 e. The molecule has 4 aromatic rings. The van der Waals surface area contributed by atoms with Gasteiger partial charge in [-0.2, -0.15) is 5.10 Å². The number of ether oxygens (including phenoxy) is 2. The van der Waals surface area contributed by atoms with Crippen LogP contribution in [0.5, 0.6) is 11.5 Å². The first-order chi connectivity index (χ1) is 13.1. The molecule has 1 aliphatic rings. The molecule has 27 heavy (non-hydrogen) atoms. The Morgan fingerprint density at radius 1 is 1.30 bits per heavy atom. The molecule has 10 heteroatoms. The summed E-state index contributed by atoms with van der Waals surface area (Å²) in [6.07, 6.45) is 1.53. The summed E-state index contributed by atoms with van der Waals surface area (Å²) in [6, 6.07) is 5.74. The van der Waals surface area contributed by atoms with E-state index in [1.807, 2.05) is 23.6 Å². The number of hydrogen-bond donors (Lipinski definition) is 0.